The average Bonchev–Trinajstić information content (AvgIpc) is 3.15. The zero-order valence-electron chi connectivity index (χ0n) is 13.9. The highest BCUT2D eigenvalue weighted by atomic mass is 32.1. The minimum Gasteiger partial charge on any atom is -0.493 e. The van der Waals surface area contributed by atoms with Crippen LogP contribution < -0.4 is 14.3 Å². The van der Waals surface area contributed by atoms with Crippen LogP contribution in [0.4, 0.5) is 0 Å². The molecular formula is C16H18N4O3S. The number of hydrogen-bond acceptors (Lipinski definition) is 5. The molecule has 3 aromatic rings. The summed E-state index contributed by atoms with van der Waals surface area (Å²) in [6.45, 7) is 2.70. The van der Waals surface area contributed by atoms with Crippen LogP contribution in [0.25, 0.3) is 10.2 Å². The fourth-order valence-electron chi connectivity index (χ4n) is 2.52. The molecule has 0 aliphatic carbocycles. The lowest BCUT2D eigenvalue weighted by Crippen LogP contribution is -2.17. The SMILES string of the molecule is CCn1c(=NC(=O)c2ccnn2C)sc2cc(OC)c(OC)cc21. The molecule has 0 saturated heterocycles. The van der Waals surface area contributed by atoms with Gasteiger partial charge >= 0.3 is 0 Å². The van der Waals surface area contributed by atoms with Crippen LogP contribution in [-0.4, -0.2) is 34.5 Å². The molecule has 24 heavy (non-hydrogen) atoms. The molecule has 0 aliphatic rings. The van der Waals surface area contributed by atoms with Crippen LogP contribution in [-0.2, 0) is 13.6 Å². The van der Waals surface area contributed by atoms with Crippen LogP contribution in [0.1, 0.15) is 17.4 Å². The Balaban J connectivity index is 2.19. The van der Waals surface area contributed by atoms with Gasteiger partial charge in [-0.1, -0.05) is 11.3 Å². The van der Waals surface area contributed by atoms with E-state index < -0.39 is 0 Å². The summed E-state index contributed by atoms with van der Waals surface area (Å²) < 4.78 is 15.2. The van der Waals surface area contributed by atoms with E-state index >= 15 is 0 Å². The highest BCUT2D eigenvalue weighted by molar-refractivity contribution is 7.16. The first-order chi connectivity index (χ1) is 11.6. The van der Waals surface area contributed by atoms with Gasteiger partial charge in [-0.3, -0.25) is 9.48 Å². The predicted octanol–water partition coefficient (Wildman–Crippen LogP) is 2.21. The third-order valence-electron chi connectivity index (χ3n) is 3.74. The lowest BCUT2D eigenvalue weighted by molar-refractivity contribution is 0.0989. The van der Waals surface area contributed by atoms with E-state index in [1.54, 1.807) is 33.5 Å². The molecule has 3 rings (SSSR count). The van der Waals surface area contributed by atoms with E-state index in [0.717, 1.165) is 10.2 Å². The summed E-state index contributed by atoms with van der Waals surface area (Å²) in [7, 11) is 4.92. The maximum atomic E-state index is 12.4. The Hall–Kier alpha value is -2.61. The number of rotatable bonds is 4. The number of methoxy groups -OCH3 is 2. The summed E-state index contributed by atoms with van der Waals surface area (Å²) in [6, 6.07) is 5.46. The first-order valence-electron chi connectivity index (χ1n) is 7.41. The fraction of sp³-hybridized carbons (Fsp3) is 0.312. The van der Waals surface area contributed by atoms with E-state index in [-0.39, 0.29) is 5.91 Å². The molecule has 2 aromatic heterocycles. The Morgan fingerprint density at radius 3 is 2.58 bits per heavy atom. The predicted molar refractivity (Wildman–Crippen MR) is 91.7 cm³/mol. The highest BCUT2D eigenvalue weighted by Crippen LogP contribution is 2.33. The number of aromatic nitrogens is 3. The van der Waals surface area contributed by atoms with Crippen LogP contribution in [0.15, 0.2) is 29.4 Å². The van der Waals surface area contributed by atoms with Crippen molar-refractivity contribution in [3.8, 4) is 11.5 Å². The molecule has 0 aliphatic heterocycles. The monoisotopic (exact) mass is 346 g/mol. The molecule has 0 saturated carbocycles. The van der Waals surface area contributed by atoms with Crippen molar-refractivity contribution in [1.29, 1.82) is 0 Å². The topological polar surface area (TPSA) is 70.6 Å². The van der Waals surface area contributed by atoms with Gasteiger partial charge in [0.25, 0.3) is 5.91 Å². The number of carbonyl (C=O) groups excluding carboxylic acids is 1. The van der Waals surface area contributed by atoms with Crippen molar-refractivity contribution in [3.05, 3.63) is 34.9 Å². The van der Waals surface area contributed by atoms with Gasteiger partial charge in [0.2, 0.25) is 0 Å². The Labute approximate surface area is 142 Å². The normalized spacial score (nSPS) is 11.9. The Kier molecular flexibility index (Phi) is 4.39. The summed E-state index contributed by atoms with van der Waals surface area (Å²) in [4.78, 5) is 17.3. The number of benzene rings is 1. The van der Waals surface area contributed by atoms with Crippen LogP contribution in [0.2, 0.25) is 0 Å². The highest BCUT2D eigenvalue weighted by Gasteiger charge is 2.14. The molecule has 1 amide bonds. The zero-order chi connectivity index (χ0) is 17.3. The van der Waals surface area contributed by atoms with Crippen molar-refractivity contribution in [2.75, 3.05) is 14.2 Å². The number of hydrogen-bond donors (Lipinski definition) is 0. The molecule has 0 bridgehead atoms. The third-order valence-corrected chi connectivity index (χ3v) is 4.78. The Bertz CT molecular complexity index is 968. The summed E-state index contributed by atoms with van der Waals surface area (Å²) in [5.74, 6) is 0.983. The van der Waals surface area contributed by atoms with E-state index in [4.69, 9.17) is 9.47 Å². The van der Waals surface area contributed by atoms with Crippen LogP contribution in [0.3, 0.4) is 0 Å². The number of fused-ring (bicyclic) bond motifs is 1. The smallest absolute Gasteiger partial charge is 0.297 e. The summed E-state index contributed by atoms with van der Waals surface area (Å²) >= 11 is 1.44. The lowest BCUT2D eigenvalue weighted by atomic mass is 10.3. The maximum Gasteiger partial charge on any atom is 0.297 e. The van der Waals surface area contributed by atoms with Gasteiger partial charge in [-0.25, -0.2) is 0 Å². The van der Waals surface area contributed by atoms with Gasteiger partial charge in [0.1, 0.15) is 5.69 Å². The van der Waals surface area contributed by atoms with Crippen molar-refractivity contribution < 1.29 is 14.3 Å². The van der Waals surface area contributed by atoms with Crippen LogP contribution >= 0.6 is 11.3 Å². The number of ether oxygens (including phenoxy) is 2. The number of thiazole rings is 1. The fourth-order valence-corrected chi connectivity index (χ4v) is 3.62. The van der Waals surface area contributed by atoms with Gasteiger partial charge in [-0.2, -0.15) is 10.1 Å². The van der Waals surface area contributed by atoms with Crippen molar-refractivity contribution >= 4 is 27.5 Å². The van der Waals surface area contributed by atoms with Gasteiger partial charge < -0.3 is 14.0 Å². The molecule has 126 valence electrons. The molecule has 0 spiro atoms. The van der Waals surface area contributed by atoms with Crippen molar-refractivity contribution in [2.24, 2.45) is 12.0 Å². The molecule has 1 aromatic carbocycles. The van der Waals surface area contributed by atoms with Crippen LogP contribution in [0, 0.1) is 0 Å². The molecule has 0 fully saturated rings. The molecule has 0 unspecified atom stereocenters. The second-order valence-electron chi connectivity index (χ2n) is 5.06. The maximum absolute atomic E-state index is 12.4. The van der Waals surface area contributed by atoms with E-state index in [2.05, 4.69) is 10.1 Å². The largest absolute Gasteiger partial charge is 0.493 e. The molecule has 0 atom stereocenters. The molecular weight excluding hydrogens is 328 g/mol. The number of amides is 1. The van der Waals surface area contributed by atoms with Gasteiger partial charge in [0, 0.05) is 31.9 Å². The number of nitrogens with zero attached hydrogens (tertiary/aromatic N) is 4. The minimum atomic E-state index is -0.317. The Morgan fingerprint density at radius 1 is 1.29 bits per heavy atom. The first-order valence-corrected chi connectivity index (χ1v) is 8.23. The molecule has 8 heteroatoms. The van der Waals surface area contributed by atoms with E-state index in [0.29, 0.717) is 28.5 Å². The second kappa shape index (κ2) is 6.48. The zero-order valence-corrected chi connectivity index (χ0v) is 14.8. The summed E-state index contributed by atoms with van der Waals surface area (Å²) in [5, 5.41) is 4.01. The van der Waals surface area contributed by atoms with Crippen LogP contribution in [0.5, 0.6) is 11.5 Å². The lowest BCUT2D eigenvalue weighted by Gasteiger charge is -2.08. The van der Waals surface area contributed by atoms with E-state index in [1.165, 1.54) is 16.0 Å². The summed E-state index contributed by atoms with van der Waals surface area (Å²) in [5.41, 5.74) is 1.40. The molecule has 0 radical (unpaired) electrons. The third kappa shape index (κ3) is 2.69. The second-order valence-corrected chi connectivity index (χ2v) is 6.07. The first kappa shape index (κ1) is 16.3. The van der Waals surface area contributed by atoms with Gasteiger partial charge in [0.15, 0.2) is 16.3 Å². The number of aryl methyl sites for hydroxylation is 2. The molecule has 0 N–H and O–H groups in total. The van der Waals surface area contributed by atoms with Crippen molar-refractivity contribution in [2.45, 2.75) is 13.5 Å². The van der Waals surface area contributed by atoms with Gasteiger partial charge in [0.05, 0.1) is 24.4 Å². The van der Waals surface area contributed by atoms with Crippen molar-refractivity contribution in [1.82, 2.24) is 14.3 Å². The molecule has 2 heterocycles. The average molecular weight is 346 g/mol. The van der Waals surface area contributed by atoms with E-state index in [9.17, 15) is 4.79 Å². The van der Waals surface area contributed by atoms with Gasteiger partial charge in [-0.05, 0) is 13.0 Å². The van der Waals surface area contributed by atoms with E-state index in [1.807, 2.05) is 23.6 Å². The van der Waals surface area contributed by atoms with Gasteiger partial charge in [-0.15, -0.1) is 0 Å². The Morgan fingerprint density at radius 2 is 2.00 bits per heavy atom. The standard InChI is InChI=1S/C16H18N4O3S/c1-5-20-11-8-12(22-3)13(23-4)9-14(11)24-16(20)18-15(21)10-6-7-17-19(10)2/h6-9H,5H2,1-4H3. The molecule has 7 nitrogen and oxygen atoms in total. The van der Waals surface area contributed by atoms with Crippen molar-refractivity contribution in [3.63, 3.8) is 0 Å². The number of carbonyl (C=O) groups is 1. The summed E-state index contributed by atoms with van der Waals surface area (Å²) in [6.07, 6.45) is 1.58. The minimum absolute atomic E-state index is 0.317. The quantitative estimate of drug-likeness (QED) is 0.726.